The van der Waals surface area contributed by atoms with Crippen LogP contribution in [0.1, 0.15) is 39.0 Å². The van der Waals surface area contributed by atoms with Gasteiger partial charge in [0.25, 0.3) is 5.91 Å². The first-order valence-electron chi connectivity index (χ1n) is 12.1. The standard InChI is InChI=1S/C26H30N4O6S2/c1-15-11-20-21(13-19(15)16-5-4-6-17(12-16)24(32)27-9-10-36-2)37-26(30-20)23(38(3,34)35)25(33)28-14-22(31)29-18-7-8-18/h4-6,11-13,18,23H,7-10,14H2,1-3H3,(H,27,32)(H,28,33)(H,29,31). The normalized spacial score (nSPS) is 14.2. The third kappa shape index (κ3) is 6.74. The van der Waals surface area contributed by atoms with E-state index in [4.69, 9.17) is 4.74 Å². The van der Waals surface area contributed by atoms with E-state index in [-0.39, 0.29) is 29.4 Å². The number of ether oxygens (including phenoxy) is 1. The van der Waals surface area contributed by atoms with E-state index in [0.29, 0.717) is 28.9 Å². The topological polar surface area (TPSA) is 144 Å². The van der Waals surface area contributed by atoms with Crippen LogP contribution in [0, 0.1) is 6.92 Å². The van der Waals surface area contributed by atoms with Gasteiger partial charge in [0.15, 0.2) is 15.1 Å². The number of nitrogens with zero attached hydrogens (tertiary/aromatic N) is 1. The van der Waals surface area contributed by atoms with Crippen molar-refractivity contribution in [3.63, 3.8) is 0 Å². The van der Waals surface area contributed by atoms with Crippen LogP contribution >= 0.6 is 11.3 Å². The minimum atomic E-state index is -3.87. The van der Waals surface area contributed by atoms with Gasteiger partial charge in [-0.25, -0.2) is 13.4 Å². The zero-order chi connectivity index (χ0) is 27.4. The highest BCUT2D eigenvalue weighted by molar-refractivity contribution is 7.91. The molecule has 1 fully saturated rings. The number of sulfone groups is 1. The second-order valence-electron chi connectivity index (χ2n) is 9.29. The Balaban J connectivity index is 1.59. The third-order valence-electron chi connectivity index (χ3n) is 6.03. The molecule has 1 aromatic heterocycles. The molecule has 12 heteroatoms. The van der Waals surface area contributed by atoms with Crippen LogP contribution in [-0.2, 0) is 24.2 Å². The van der Waals surface area contributed by atoms with Crippen molar-refractivity contribution in [3.05, 3.63) is 52.5 Å². The number of aromatic nitrogens is 1. The molecule has 0 saturated heterocycles. The van der Waals surface area contributed by atoms with Crippen molar-refractivity contribution < 1.29 is 27.5 Å². The Kier molecular flexibility index (Phi) is 8.44. The molecule has 38 heavy (non-hydrogen) atoms. The SMILES string of the molecule is COCCNC(=O)c1cccc(-c2cc3sc(C(C(=O)NCC(=O)NC4CC4)S(C)(=O)=O)nc3cc2C)c1. The van der Waals surface area contributed by atoms with E-state index in [9.17, 15) is 22.8 Å². The Morgan fingerprint density at radius 1 is 1.16 bits per heavy atom. The lowest BCUT2D eigenvalue weighted by atomic mass is 9.98. The molecule has 1 aliphatic carbocycles. The number of amides is 3. The number of hydrogen-bond acceptors (Lipinski definition) is 8. The summed E-state index contributed by atoms with van der Waals surface area (Å²) >= 11 is 1.11. The summed E-state index contributed by atoms with van der Waals surface area (Å²) in [7, 11) is -2.30. The summed E-state index contributed by atoms with van der Waals surface area (Å²) in [5, 5.41) is 6.59. The highest BCUT2D eigenvalue weighted by Crippen LogP contribution is 2.35. The molecule has 3 aromatic rings. The zero-order valence-corrected chi connectivity index (χ0v) is 23.0. The van der Waals surface area contributed by atoms with Crippen molar-refractivity contribution in [2.75, 3.05) is 33.1 Å². The lowest BCUT2D eigenvalue weighted by molar-refractivity contribution is -0.126. The van der Waals surface area contributed by atoms with Crippen molar-refractivity contribution in [3.8, 4) is 11.1 Å². The number of rotatable bonds is 11. The molecule has 202 valence electrons. The van der Waals surface area contributed by atoms with Crippen molar-refractivity contribution in [1.29, 1.82) is 0 Å². The van der Waals surface area contributed by atoms with Gasteiger partial charge < -0.3 is 20.7 Å². The van der Waals surface area contributed by atoms with E-state index >= 15 is 0 Å². The number of benzene rings is 2. The van der Waals surface area contributed by atoms with Gasteiger partial charge in [-0.15, -0.1) is 11.3 Å². The van der Waals surface area contributed by atoms with Crippen LogP contribution < -0.4 is 16.0 Å². The highest BCUT2D eigenvalue weighted by atomic mass is 32.2. The van der Waals surface area contributed by atoms with Gasteiger partial charge in [-0.05, 0) is 60.7 Å². The molecule has 0 bridgehead atoms. The van der Waals surface area contributed by atoms with Gasteiger partial charge in [0, 0.05) is 31.5 Å². The van der Waals surface area contributed by atoms with Gasteiger partial charge in [-0.2, -0.15) is 0 Å². The maximum Gasteiger partial charge on any atom is 0.251 e. The van der Waals surface area contributed by atoms with E-state index in [2.05, 4.69) is 20.9 Å². The molecule has 1 unspecified atom stereocenters. The average molecular weight is 559 g/mol. The maximum atomic E-state index is 12.9. The van der Waals surface area contributed by atoms with Crippen LogP contribution in [0.3, 0.4) is 0 Å². The number of nitrogens with one attached hydrogen (secondary N) is 3. The van der Waals surface area contributed by atoms with Crippen LogP contribution in [0.25, 0.3) is 21.3 Å². The van der Waals surface area contributed by atoms with E-state index < -0.39 is 21.0 Å². The van der Waals surface area contributed by atoms with Crippen LogP contribution in [0.4, 0.5) is 0 Å². The van der Waals surface area contributed by atoms with E-state index in [1.807, 2.05) is 25.1 Å². The number of carbonyl (C=O) groups is 3. The molecule has 1 aliphatic rings. The molecule has 0 spiro atoms. The summed E-state index contributed by atoms with van der Waals surface area (Å²) < 4.78 is 30.9. The molecular weight excluding hydrogens is 528 g/mol. The number of methoxy groups -OCH3 is 1. The summed E-state index contributed by atoms with van der Waals surface area (Å²) in [5.41, 5.74) is 3.62. The van der Waals surface area contributed by atoms with Crippen LogP contribution in [0.5, 0.6) is 0 Å². The molecule has 10 nitrogen and oxygen atoms in total. The average Bonchev–Trinajstić information content (AvgIpc) is 3.58. The maximum absolute atomic E-state index is 12.9. The van der Waals surface area contributed by atoms with Crippen LogP contribution in [0.2, 0.25) is 0 Å². The Hall–Kier alpha value is -3.35. The largest absolute Gasteiger partial charge is 0.383 e. The zero-order valence-electron chi connectivity index (χ0n) is 21.4. The van der Waals surface area contributed by atoms with E-state index in [1.54, 1.807) is 25.3 Å². The van der Waals surface area contributed by atoms with Gasteiger partial charge in [0.1, 0.15) is 5.01 Å². The van der Waals surface area contributed by atoms with Crippen molar-refractivity contribution in [2.24, 2.45) is 0 Å². The fraction of sp³-hybridized carbons (Fsp3) is 0.385. The summed E-state index contributed by atoms with van der Waals surface area (Å²) in [5.74, 6) is -1.36. The molecule has 3 amide bonds. The first-order chi connectivity index (χ1) is 18.1. The highest BCUT2D eigenvalue weighted by Gasteiger charge is 2.34. The first-order valence-corrected chi connectivity index (χ1v) is 14.9. The third-order valence-corrected chi connectivity index (χ3v) is 8.56. The summed E-state index contributed by atoms with van der Waals surface area (Å²) in [4.78, 5) is 41.8. The molecule has 1 saturated carbocycles. The van der Waals surface area contributed by atoms with Crippen molar-refractivity contribution in [1.82, 2.24) is 20.9 Å². The fourth-order valence-corrected chi connectivity index (χ4v) is 6.50. The molecular formula is C26H30N4O6S2. The van der Waals surface area contributed by atoms with Crippen molar-refractivity contribution in [2.45, 2.75) is 31.1 Å². The molecule has 3 N–H and O–H groups in total. The number of hydrogen-bond donors (Lipinski definition) is 3. The second kappa shape index (κ2) is 11.6. The summed E-state index contributed by atoms with van der Waals surface area (Å²) in [6.45, 7) is 2.41. The van der Waals surface area contributed by atoms with E-state index in [1.165, 1.54) is 0 Å². The number of fused-ring (bicyclic) bond motifs is 1. The van der Waals surface area contributed by atoms with E-state index in [0.717, 1.165) is 47.1 Å². The molecule has 4 rings (SSSR count). The summed E-state index contributed by atoms with van der Waals surface area (Å²) in [6, 6.07) is 11.1. The number of aryl methyl sites for hydroxylation is 1. The minimum absolute atomic E-state index is 0.130. The predicted molar refractivity (Wildman–Crippen MR) is 146 cm³/mol. The molecule has 0 aliphatic heterocycles. The van der Waals surface area contributed by atoms with Gasteiger partial charge in [-0.1, -0.05) is 12.1 Å². The minimum Gasteiger partial charge on any atom is -0.383 e. The quantitative estimate of drug-likeness (QED) is 0.306. The van der Waals surface area contributed by atoms with Crippen molar-refractivity contribution >= 4 is 49.1 Å². The number of thiazole rings is 1. The molecule has 0 radical (unpaired) electrons. The Bertz CT molecular complexity index is 1480. The summed E-state index contributed by atoms with van der Waals surface area (Å²) in [6.07, 6.45) is 2.79. The molecule has 2 aromatic carbocycles. The lowest BCUT2D eigenvalue weighted by Gasteiger charge is -2.12. The predicted octanol–water partition coefficient (Wildman–Crippen LogP) is 2.13. The number of carbonyl (C=O) groups excluding carboxylic acids is 3. The van der Waals surface area contributed by atoms with Gasteiger partial charge in [0.05, 0.1) is 23.4 Å². The first kappa shape index (κ1) is 27.7. The monoisotopic (exact) mass is 558 g/mol. The van der Waals surface area contributed by atoms with Gasteiger partial charge >= 0.3 is 0 Å². The Labute approximate surface area is 225 Å². The Morgan fingerprint density at radius 3 is 2.61 bits per heavy atom. The van der Waals surface area contributed by atoms with Crippen LogP contribution in [0.15, 0.2) is 36.4 Å². The van der Waals surface area contributed by atoms with Gasteiger partial charge in [-0.3, -0.25) is 14.4 Å². The second-order valence-corrected chi connectivity index (χ2v) is 12.5. The fourth-order valence-electron chi connectivity index (χ4n) is 3.97. The molecule has 1 heterocycles. The lowest BCUT2D eigenvalue weighted by Crippen LogP contribution is -2.41. The smallest absolute Gasteiger partial charge is 0.251 e. The van der Waals surface area contributed by atoms with Gasteiger partial charge in [0.2, 0.25) is 11.8 Å². The molecule has 1 atom stereocenters. The Morgan fingerprint density at radius 2 is 1.92 bits per heavy atom. The van der Waals surface area contributed by atoms with Crippen LogP contribution in [-0.4, -0.2) is 70.2 Å².